The summed E-state index contributed by atoms with van der Waals surface area (Å²) in [4.78, 5) is 9.71. The van der Waals surface area contributed by atoms with Crippen molar-refractivity contribution in [3.63, 3.8) is 0 Å². The lowest BCUT2D eigenvalue weighted by molar-refractivity contribution is 0.237. The van der Waals surface area contributed by atoms with Crippen molar-refractivity contribution in [2.75, 3.05) is 0 Å². The second kappa shape index (κ2) is 3.69. The van der Waals surface area contributed by atoms with Crippen molar-refractivity contribution in [3.05, 3.63) is 0 Å². The smallest absolute Gasteiger partial charge is 0.367 e. The third-order valence-corrected chi connectivity index (χ3v) is 0.880. The van der Waals surface area contributed by atoms with Gasteiger partial charge in [-0.25, -0.2) is 9.93 Å². The van der Waals surface area contributed by atoms with Gasteiger partial charge in [0.15, 0.2) is 0 Å². The second-order valence-electron chi connectivity index (χ2n) is 0.417. The van der Waals surface area contributed by atoms with Crippen LogP contribution in [0.15, 0.2) is 0 Å². The average Bonchev–Trinajstić information content (AvgIpc) is 1.35. The Hall–Kier alpha value is 0.510. The van der Waals surface area contributed by atoms with Crippen LogP contribution in [0.25, 0.3) is 0 Å². The quantitative estimate of drug-likeness (QED) is 0.310. The largest absolute Gasteiger partial charge is 0.380 e. The maximum atomic E-state index is 9.71. The fourth-order valence-electron chi connectivity index (χ4n) is 0.0378. The maximum absolute atomic E-state index is 9.71. The zero-order valence-electron chi connectivity index (χ0n) is 2.68. The molecule has 0 aliphatic carbocycles. The van der Waals surface area contributed by atoms with Crippen molar-refractivity contribution in [2.45, 2.75) is 0 Å². The zero-order valence-corrected chi connectivity index (χ0v) is 5.65. The first kappa shape index (κ1) is 6.51. The number of carbonyl (C=O) groups excluding carboxylic acids is 1. The molecule has 0 aromatic carbocycles. The molecule has 0 aromatic rings. The van der Waals surface area contributed by atoms with Gasteiger partial charge in [-0.05, 0) is 0 Å². The Kier molecular flexibility index (Phi) is 4.01. The van der Waals surface area contributed by atoms with Crippen LogP contribution in [-0.2, 0) is 4.18 Å². The summed E-state index contributed by atoms with van der Waals surface area (Å²) in [6.07, 6.45) is 0. The Balaban J connectivity index is 2.83. The van der Waals surface area contributed by atoms with Crippen LogP contribution in [0.3, 0.4) is 0 Å². The van der Waals surface area contributed by atoms with E-state index < -0.39 is 3.98 Å². The highest BCUT2D eigenvalue weighted by Crippen LogP contribution is 1.97. The molecule has 6 heavy (non-hydrogen) atoms. The molecule has 0 saturated heterocycles. The molecule has 0 radical (unpaired) electrons. The number of carbonyl (C=O) groups is 1. The predicted molar refractivity (Wildman–Crippen MR) is 32.3 cm³/mol. The highest BCUT2D eigenvalue weighted by Gasteiger charge is 1.87. The van der Waals surface area contributed by atoms with Crippen LogP contribution in [0.5, 0.6) is 0 Å². The average molecular weight is 219 g/mol. The van der Waals surface area contributed by atoms with Crippen molar-refractivity contribution >= 4 is 38.8 Å². The van der Waals surface area contributed by atoms with E-state index in [0.29, 0.717) is 12.2 Å². The van der Waals surface area contributed by atoms with Crippen LogP contribution < -0.4 is 5.14 Å². The lowest BCUT2D eigenvalue weighted by Gasteiger charge is -1.83. The van der Waals surface area contributed by atoms with E-state index in [1.807, 2.05) is 0 Å². The summed E-state index contributed by atoms with van der Waals surface area (Å²) >= 11 is 2.03. The lowest BCUT2D eigenvalue weighted by Crippen LogP contribution is -1.85. The van der Waals surface area contributed by atoms with Crippen molar-refractivity contribution in [2.24, 2.45) is 5.14 Å². The van der Waals surface area contributed by atoms with Gasteiger partial charge in [-0.15, -0.1) is 0 Å². The first-order chi connectivity index (χ1) is 2.77. The van der Waals surface area contributed by atoms with E-state index in [0.717, 1.165) is 0 Å². The molecule has 0 unspecified atom stereocenters. The lowest BCUT2D eigenvalue weighted by atomic mass is 11.7. The van der Waals surface area contributed by atoms with Crippen molar-refractivity contribution in [1.29, 1.82) is 0 Å². The number of halogens is 1. The predicted octanol–water partition coefficient (Wildman–Crippen LogP) is 1.08. The van der Waals surface area contributed by atoms with Gasteiger partial charge in [0.05, 0.1) is 22.6 Å². The minimum absolute atomic E-state index is 0.403. The topological polar surface area (TPSA) is 52.3 Å². The van der Waals surface area contributed by atoms with E-state index in [1.165, 1.54) is 22.6 Å². The number of nitrogens with two attached hydrogens (primary N) is 1. The highest BCUT2D eigenvalue weighted by molar-refractivity contribution is 14.1. The first-order valence-electron chi connectivity index (χ1n) is 1.000. The van der Waals surface area contributed by atoms with Gasteiger partial charge in [-0.1, -0.05) is 0 Å². The molecule has 0 saturated carbocycles. The summed E-state index contributed by atoms with van der Waals surface area (Å²) in [5.41, 5.74) is 0. The van der Waals surface area contributed by atoms with Gasteiger partial charge >= 0.3 is 3.98 Å². The highest BCUT2D eigenvalue weighted by atomic mass is 127. The molecule has 5 heteroatoms. The summed E-state index contributed by atoms with van der Waals surface area (Å²) < 4.78 is 3.68. The minimum Gasteiger partial charge on any atom is -0.367 e. The monoisotopic (exact) mass is 219 g/mol. The molecule has 36 valence electrons. The molecule has 2 N–H and O–H groups in total. The number of hydrogen-bond acceptors (Lipinski definition) is 4. The summed E-state index contributed by atoms with van der Waals surface area (Å²) in [5.74, 6) is 0. The summed E-state index contributed by atoms with van der Waals surface area (Å²) in [5, 5.41) is 4.70. The van der Waals surface area contributed by atoms with Gasteiger partial charge in [-0.3, -0.25) is 0 Å². The fraction of sp³-hybridized carbons (Fsp3) is 0. The van der Waals surface area contributed by atoms with E-state index in [4.69, 9.17) is 5.14 Å². The Morgan fingerprint density at radius 1 is 2.00 bits per heavy atom. The van der Waals surface area contributed by atoms with E-state index in [-0.39, 0.29) is 0 Å². The molecular formula is CH2INO2S. The van der Waals surface area contributed by atoms with Crippen LogP contribution >= 0.6 is 34.8 Å². The van der Waals surface area contributed by atoms with Crippen molar-refractivity contribution in [1.82, 2.24) is 0 Å². The zero-order chi connectivity index (χ0) is 4.99. The normalized spacial score (nSPS) is 7.67. The standard InChI is InChI=1S/CH2INO2S/c2-1(4)5-6-3/h3H2. The van der Waals surface area contributed by atoms with E-state index >= 15 is 0 Å². The Bertz CT molecular complexity index is 57.5. The third kappa shape index (κ3) is 4.51. The van der Waals surface area contributed by atoms with Gasteiger partial charge in [0.1, 0.15) is 12.2 Å². The Labute approximate surface area is 53.1 Å². The molecule has 0 aliphatic heterocycles. The molecule has 0 aliphatic rings. The first-order valence-corrected chi connectivity index (χ1v) is 2.88. The summed E-state index contributed by atoms with van der Waals surface area (Å²) in [6, 6.07) is 0. The molecule has 0 heterocycles. The van der Waals surface area contributed by atoms with Crippen molar-refractivity contribution in [3.8, 4) is 0 Å². The molecular weight excluding hydrogens is 217 g/mol. The molecule has 3 nitrogen and oxygen atoms in total. The number of hydrogen-bond donors (Lipinski definition) is 1. The van der Waals surface area contributed by atoms with E-state index in [2.05, 4.69) is 4.18 Å². The minimum atomic E-state index is -0.403. The fourth-order valence-corrected chi connectivity index (χ4v) is 0.425. The molecule has 0 fully saturated rings. The van der Waals surface area contributed by atoms with Gasteiger partial charge in [0, 0.05) is 0 Å². The SMILES string of the molecule is NSOC(=O)I. The van der Waals surface area contributed by atoms with Gasteiger partial charge < -0.3 is 4.18 Å². The Morgan fingerprint density at radius 3 is 2.50 bits per heavy atom. The van der Waals surface area contributed by atoms with Crippen LogP contribution in [0, 0.1) is 0 Å². The summed E-state index contributed by atoms with van der Waals surface area (Å²) in [6.45, 7) is 0. The Morgan fingerprint density at radius 2 is 2.50 bits per heavy atom. The molecule has 0 aromatic heterocycles. The third-order valence-electron chi connectivity index (χ3n) is 0.114. The maximum Gasteiger partial charge on any atom is 0.380 e. The molecule has 0 amide bonds. The van der Waals surface area contributed by atoms with Crippen LogP contribution in [-0.4, -0.2) is 3.98 Å². The van der Waals surface area contributed by atoms with Crippen LogP contribution in [0.2, 0.25) is 0 Å². The van der Waals surface area contributed by atoms with Crippen molar-refractivity contribution < 1.29 is 8.98 Å². The molecule has 0 bridgehead atoms. The summed E-state index contributed by atoms with van der Waals surface area (Å²) in [7, 11) is 0. The van der Waals surface area contributed by atoms with E-state index in [9.17, 15) is 4.79 Å². The molecule has 0 atom stereocenters. The molecule has 0 rings (SSSR count). The van der Waals surface area contributed by atoms with Crippen LogP contribution in [0.4, 0.5) is 4.79 Å². The molecule has 0 spiro atoms. The van der Waals surface area contributed by atoms with Crippen LogP contribution in [0.1, 0.15) is 0 Å². The van der Waals surface area contributed by atoms with Gasteiger partial charge in [-0.2, -0.15) is 0 Å². The van der Waals surface area contributed by atoms with Gasteiger partial charge in [0.2, 0.25) is 0 Å². The van der Waals surface area contributed by atoms with Gasteiger partial charge in [0.25, 0.3) is 0 Å². The van der Waals surface area contributed by atoms with E-state index in [1.54, 1.807) is 0 Å². The number of rotatable bonds is 1. The second-order valence-corrected chi connectivity index (χ2v) is 1.66.